The van der Waals surface area contributed by atoms with Crippen molar-refractivity contribution >= 4 is 16.6 Å². The van der Waals surface area contributed by atoms with E-state index in [1.54, 1.807) is 6.08 Å². The number of rotatable bonds is 3. The topological polar surface area (TPSA) is 28.7 Å². The van der Waals surface area contributed by atoms with Crippen LogP contribution in [0.1, 0.15) is 12.7 Å². The number of benzene rings is 1. The molecular weight excluding hydrogens is 196 g/mol. The molecule has 1 aromatic carbocycles. The first-order valence-electron chi connectivity index (χ1n) is 5.25. The zero-order chi connectivity index (χ0) is 11.4. The van der Waals surface area contributed by atoms with E-state index >= 15 is 0 Å². The van der Waals surface area contributed by atoms with Crippen LogP contribution in [0, 0.1) is 0 Å². The van der Waals surface area contributed by atoms with E-state index in [2.05, 4.69) is 16.5 Å². The number of hydrogen-bond acceptors (Lipinski definition) is 1. The van der Waals surface area contributed by atoms with Gasteiger partial charge in [0.1, 0.15) is 5.82 Å². The second-order valence-electron chi connectivity index (χ2n) is 3.46. The summed E-state index contributed by atoms with van der Waals surface area (Å²) in [5.74, 6) is 0.874. The van der Waals surface area contributed by atoms with Crippen LogP contribution >= 0.6 is 0 Å². The summed E-state index contributed by atoms with van der Waals surface area (Å²) in [5.41, 5.74) is 3.07. The third kappa shape index (κ3) is 1.96. The highest BCUT2D eigenvalue weighted by atomic mass is 14.9. The first kappa shape index (κ1) is 10.4. The van der Waals surface area contributed by atoms with Crippen LogP contribution in [0.25, 0.3) is 16.6 Å². The number of aromatic amines is 1. The second-order valence-corrected chi connectivity index (χ2v) is 3.46. The number of H-pyrrole nitrogens is 1. The number of aromatic nitrogens is 2. The first-order valence-corrected chi connectivity index (χ1v) is 5.25. The molecule has 0 unspecified atom stereocenters. The minimum atomic E-state index is 0.874. The number of hydrogen-bond donors (Lipinski definition) is 1. The molecule has 80 valence electrons. The maximum absolute atomic E-state index is 4.53. The van der Waals surface area contributed by atoms with E-state index in [4.69, 9.17) is 0 Å². The van der Waals surface area contributed by atoms with Crippen LogP contribution in [-0.4, -0.2) is 9.97 Å². The van der Waals surface area contributed by atoms with E-state index in [0.717, 1.165) is 22.4 Å². The van der Waals surface area contributed by atoms with Gasteiger partial charge in [0.25, 0.3) is 0 Å². The monoisotopic (exact) mass is 210 g/mol. The highest BCUT2D eigenvalue weighted by Gasteiger charge is 2.03. The van der Waals surface area contributed by atoms with Gasteiger partial charge in [0.15, 0.2) is 0 Å². The Hall–Kier alpha value is -2.09. The quantitative estimate of drug-likeness (QED) is 0.769. The predicted molar refractivity (Wildman–Crippen MR) is 69.1 cm³/mol. The average molecular weight is 210 g/mol. The van der Waals surface area contributed by atoms with E-state index in [9.17, 15) is 0 Å². The SMILES string of the molecule is C=C/C=C(\C=C/C)c1nc2ccccc2[nH]1. The third-order valence-corrected chi connectivity index (χ3v) is 2.31. The lowest BCUT2D eigenvalue weighted by atomic mass is 10.2. The molecule has 0 spiro atoms. The molecule has 0 aliphatic rings. The van der Waals surface area contributed by atoms with Gasteiger partial charge in [-0.3, -0.25) is 0 Å². The standard InChI is InChI=1S/C14H14N2/c1-3-7-11(8-4-2)14-15-12-9-5-6-10-13(12)16-14/h3-10H,1H2,2H3,(H,15,16)/b8-4-,11-7+. The number of nitrogens with zero attached hydrogens (tertiary/aromatic N) is 1. The lowest BCUT2D eigenvalue weighted by Crippen LogP contribution is -1.83. The molecule has 0 fully saturated rings. The normalized spacial score (nSPS) is 12.4. The number of nitrogens with one attached hydrogen (secondary N) is 1. The van der Waals surface area contributed by atoms with Gasteiger partial charge in [0.05, 0.1) is 11.0 Å². The summed E-state index contributed by atoms with van der Waals surface area (Å²) in [6.45, 7) is 5.70. The van der Waals surface area contributed by atoms with E-state index in [1.807, 2.05) is 49.4 Å². The lowest BCUT2D eigenvalue weighted by Gasteiger charge is -1.94. The van der Waals surface area contributed by atoms with Gasteiger partial charge < -0.3 is 4.98 Å². The van der Waals surface area contributed by atoms with E-state index in [-0.39, 0.29) is 0 Å². The van der Waals surface area contributed by atoms with Crippen molar-refractivity contribution in [1.29, 1.82) is 0 Å². The predicted octanol–water partition coefficient (Wildman–Crippen LogP) is 3.71. The summed E-state index contributed by atoms with van der Waals surface area (Å²) in [6.07, 6.45) is 7.71. The van der Waals surface area contributed by atoms with Crippen LogP contribution in [0.4, 0.5) is 0 Å². The minimum absolute atomic E-state index is 0.874. The smallest absolute Gasteiger partial charge is 0.138 e. The van der Waals surface area contributed by atoms with Gasteiger partial charge in [-0.15, -0.1) is 0 Å². The molecule has 0 aliphatic heterocycles. The highest BCUT2D eigenvalue weighted by molar-refractivity contribution is 5.81. The van der Waals surface area contributed by atoms with E-state index in [1.165, 1.54) is 0 Å². The Labute approximate surface area is 95.0 Å². The van der Waals surface area contributed by atoms with Crippen molar-refractivity contribution in [1.82, 2.24) is 9.97 Å². The molecule has 0 amide bonds. The van der Waals surface area contributed by atoms with Crippen LogP contribution in [0.2, 0.25) is 0 Å². The Kier molecular flexibility index (Phi) is 3.01. The Morgan fingerprint density at radius 3 is 2.88 bits per heavy atom. The van der Waals surface area contributed by atoms with Crippen molar-refractivity contribution in [2.75, 3.05) is 0 Å². The summed E-state index contributed by atoms with van der Waals surface area (Å²) in [6, 6.07) is 8.00. The molecule has 0 radical (unpaired) electrons. The van der Waals surface area contributed by atoms with E-state index in [0.29, 0.717) is 0 Å². The molecule has 2 rings (SSSR count). The van der Waals surface area contributed by atoms with Gasteiger partial charge in [-0.2, -0.15) is 0 Å². The van der Waals surface area contributed by atoms with Gasteiger partial charge in [-0.05, 0) is 19.1 Å². The molecule has 1 aromatic heterocycles. The fraction of sp³-hybridized carbons (Fsp3) is 0.0714. The number of imidazole rings is 1. The molecule has 0 aliphatic carbocycles. The molecule has 1 heterocycles. The summed E-state index contributed by atoms with van der Waals surface area (Å²) in [4.78, 5) is 7.81. The molecule has 0 saturated carbocycles. The zero-order valence-electron chi connectivity index (χ0n) is 9.27. The maximum atomic E-state index is 4.53. The van der Waals surface area contributed by atoms with Crippen LogP contribution in [0.3, 0.4) is 0 Å². The summed E-state index contributed by atoms with van der Waals surface area (Å²) >= 11 is 0. The van der Waals surface area contributed by atoms with Crippen molar-refractivity contribution in [2.45, 2.75) is 6.92 Å². The van der Waals surface area contributed by atoms with Crippen LogP contribution < -0.4 is 0 Å². The van der Waals surface area contributed by atoms with Gasteiger partial charge in [0.2, 0.25) is 0 Å². The van der Waals surface area contributed by atoms with Gasteiger partial charge in [0, 0.05) is 5.57 Å². The van der Waals surface area contributed by atoms with Crippen molar-refractivity contribution in [3.05, 3.63) is 61.0 Å². The van der Waals surface area contributed by atoms with Gasteiger partial charge in [-0.25, -0.2) is 4.98 Å². The molecule has 1 N–H and O–H groups in total. The molecule has 0 saturated heterocycles. The molecule has 2 nitrogen and oxygen atoms in total. The minimum Gasteiger partial charge on any atom is -0.338 e. The van der Waals surface area contributed by atoms with Crippen LogP contribution in [-0.2, 0) is 0 Å². The second kappa shape index (κ2) is 4.62. The Balaban J connectivity index is 2.53. The fourth-order valence-electron chi connectivity index (χ4n) is 1.61. The first-order chi connectivity index (χ1) is 7.85. The van der Waals surface area contributed by atoms with E-state index < -0.39 is 0 Å². The average Bonchev–Trinajstić information content (AvgIpc) is 2.72. The van der Waals surface area contributed by atoms with Crippen molar-refractivity contribution < 1.29 is 0 Å². The molecular formula is C14H14N2. The van der Waals surface area contributed by atoms with Gasteiger partial charge >= 0.3 is 0 Å². The summed E-state index contributed by atoms with van der Waals surface area (Å²) in [5, 5.41) is 0. The molecule has 2 aromatic rings. The molecule has 0 atom stereocenters. The number of fused-ring (bicyclic) bond motifs is 1. The summed E-state index contributed by atoms with van der Waals surface area (Å²) in [7, 11) is 0. The highest BCUT2D eigenvalue weighted by Crippen LogP contribution is 2.17. The van der Waals surface area contributed by atoms with Crippen molar-refractivity contribution in [3.8, 4) is 0 Å². The third-order valence-electron chi connectivity index (χ3n) is 2.31. The van der Waals surface area contributed by atoms with Crippen molar-refractivity contribution in [2.24, 2.45) is 0 Å². The molecule has 2 heteroatoms. The molecule has 16 heavy (non-hydrogen) atoms. The number of para-hydroxylation sites is 2. The Morgan fingerprint density at radius 1 is 1.38 bits per heavy atom. The largest absolute Gasteiger partial charge is 0.338 e. The summed E-state index contributed by atoms with van der Waals surface area (Å²) < 4.78 is 0. The fourth-order valence-corrected chi connectivity index (χ4v) is 1.61. The Bertz CT molecular complexity index is 526. The maximum Gasteiger partial charge on any atom is 0.138 e. The number of allylic oxidation sites excluding steroid dienone is 5. The van der Waals surface area contributed by atoms with Crippen LogP contribution in [0.15, 0.2) is 55.1 Å². The van der Waals surface area contributed by atoms with Crippen molar-refractivity contribution in [3.63, 3.8) is 0 Å². The van der Waals surface area contributed by atoms with Crippen LogP contribution in [0.5, 0.6) is 0 Å². The Morgan fingerprint density at radius 2 is 2.19 bits per heavy atom. The molecule has 0 bridgehead atoms. The lowest BCUT2D eigenvalue weighted by molar-refractivity contribution is 1.27. The zero-order valence-corrected chi connectivity index (χ0v) is 9.27. The van der Waals surface area contributed by atoms with Gasteiger partial charge in [-0.1, -0.05) is 43.0 Å².